The number of thiophene rings is 1. The summed E-state index contributed by atoms with van der Waals surface area (Å²) in [7, 11) is 1.38. The van der Waals surface area contributed by atoms with E-state index in [0.717, 1.165) is 27.0 Å². The van der Waals surface area contributed by atoms with Gasteiger partial charge in [-0.1, -0.05) is 24.3 Å². The third-order valence-corrected chi connectivity index (χ3v) is 3.99. The molecule has 0 amide bonds. The summed E-state index contributed by atoms with van der Waals surface area (Å²) in [5.41, 5.74) is 3.09. The quantitative estimate of drug-likeness (QED) is 0.581. The molecule has 1 N–H and O–H groups in total. The van der Waals surface area contributed by atoms with E-state index in [2.05, 4.69) is 15.8 Å². The van der Waals surface area contributed by atoms with Crippen molar-refractivity contribution in [1.29, 1.82) is 0 Å². The number of aromatic amines is 1. The molecule has 0 saturated carbocycles. The molecule has 3 aromatic rings. The standard InChI is InChI=1S/C16H13NO2S/c1-19-15(18)9-8-12-11-5-2-3-6-13(11)17-16(12)14-7-4-10-20-14/h2-10,17H,1H3/b9-8-. The zero-order valence-corrected chi connectivity index (χ0v) is 11.7. The number of rotatable bonds is 3. The van der Waals surface area contributed by atoms with Crippen LogP contribution in [-0.4, -0.2) is 18.1 Å². The van der Waals surface area contributed by atoms with Crippen molar-refractivity contribution < 1.29 is 9.53 Å². The van der Waals surface area contributed by atoms with Gasteiger partial charge in [0.25, 0.3) is 0 Å². The van der Waals surface area contributed by atoms with Gasteiger partial charge in [0.1, 0.15) is 0 Å². The fourth-order valence-corrected chi connectivity index (χ4v) is 2.91. The molecule has 100 valence electrons. The van der Waals surface area contributed by atoms with Crippen LogP contribution in [0, 0.1) is 0 Å². The molecule has 20 heavy (non-hydrogen) atoms. The van der Waals surface area contributed by atoms with Crippen molar-refractivity contribution in [3.63, 3.8) is 0 Å². The van der Waals surface area contributed by atoms with Crippen LogP contribution in [0.15, 0.2) is 47.9 Å². The topological polar surface area (TPSA) is 42.1 Å². The maximum atomic E-state index is 11.3. The summed E-state index contributed by atoms with van der Waals surface area (Å²) in [4.78, 5) is 15.9. The second kappa shape index (κ2) is 5.35. The van der Waals surface area contributed by atoms with Crippen molar-refractivity contribution in [3.8, 4) is 10.6 Å². The van der Waals surface area contributed by atoms with Crippen LogP contribution >= 0.6 is 11.3 Å². The summed E-state index contributed by atoms with van der Waals surface area (Å²) in [6, 6.07) is 12.1. The van der Waals surface area contributed by atoms with E-state index >= 15 is 0 Å². The van der Waals surface area contributed by atoms with Gasteiger partial charge in [-0.2, -0.15) is 0 Å². The van der Waals surface area contributed by atoms with Gasteiger partial charge in [0, 0.05) is 22.5 Å². The highest BCUT2D eigenvalue weighted by Crippen LogP contribution is 2.33. The normalized spacial score (nSPS) is 11.2. The molecule has 3 rings (SSSR count). The summed E-state index contributed by atoms with van der Waals surface area (Å²) in [6.45, 7) is 0. The van der Waals surface area contributed by atoms with Crippen LogP contribution in [0.3, 0.4) is 0 Å². The maximum absolute atomic E-state index is 11.3. The number of benzene rings is 1. The highest BCUT2D eigenvalue weighted by molar-refractivity contribution is 7.13. The molecule has 0 aliphatic carbocycles. The van der Waals surface area contributed by atoms with Crippen molar-refractivity contribution in [3.05, 3.63) is 53.4 Å². The summed E-state index contributed by atoms with van der Waals surface area (Å²) < 4.78 is 4.66. The third kappa shape index (κ3) is 2.26. The van der Waals surface area contributed by atoms with E-state index in [1.165, 1.54) is 13.2 Å². The van der Waals surface area contributed by atoms with Gasteiger partial charge in [-0.15, -0.1) is 11.3 Å². The maximum Gasteiger partial charge on any atom is 0.330 e. The first-order valence-electron chi connectivity index (χ1n) is 6.20. The van der Waals surface area contributed by atoms with E-state index in [1.54, 1.807) is 17.4 Å². The Kier molecular flexibility index (Phi) is 3.39. The van der Waals surface area contributed by atoms with Crippen LogP contribution in [0.25, 0.3) is 27.6 Å². The number of fused-ring (bicyclic) bond motifs is 1. The molecule has 0 bridgehead atoms. The second-order valence-electron chi connectivity index (χ2n) is 4.29. The van der Waals surface area contributed by atoms with E-state index in [0.29, 0.717) is 0 Å². The number of carbonyl (C=O) groups excluding carboxylic acids is 1. The summed E-state index contributed by atoms with van der Waals surface area (Å²) in [6.07, 6.45) is 3.26. The fourth-order valence-electron chi connectivity index (χ4n) is 2.17. The molecular weight excluding hydrogens is 270 g/mol. The number of aromatic nitrogens is 1. The van der Waals surface area contributed by atoms with Crippen LogP contribution in [0.2, 0.25) is 0 Å². The Morgan fingerprint density at radius 3 is 2.85 bits per heavy atom. The first-order valence-corrected chi connectivity index (χ1v) is 7.08. The number of methoxy groups -OCH3 is 1. The Morgan fingerprint density at radius 2 is 2.10 bits per heavy atom. The molecule has 0 aliphatic rings. The van der Waals surface area contributed by atoms with Crippen molar-refractivity contribution in [2.75, 3.05) is 7.11 Å². The van der Waals surface area contributed by atoms with Crippen LogP contribution < -0.4 is 0 Å². The lowest BCUT2D eigenvalue weighted by molar-refractivity contribution is -0.134. The third-order valence-electron chi connectivity index (χ3n) is 3.10. The molecule has 2 heterocycles. The minimum absolute atomic E-state index is 0.354. The zero-order chi connectivity index (χ0) is 13.9. The fraction of sp³-hybridized carbons (Fsp3) is 0.0625. The SMILES string of the molecule is COC(=O)/C=C\c1c(-c2cccs2)[nH]c2ccccc12. The number of carbonyl (C=O) groups is 1. The Bertz CT molecular complexity index is 769. The molecule has 0 fully saturated rings. The van der Waals surface area contributed by atoms with E-state index in [-0.39, 0.29) is 5.97 Å². The molecule has 0 atom stereocenters. The molecule has 0 saturated heterocycles. The number of esters is 1. The second-order valence-corrected chi connectivity index (χ2v) is 5.24. The molecule has 4 heteroatoms. The highest BCUT2D eigenvalue weighted by atomic mass is 32.1. The number of para-hydroxylation sites is 1. The van der Waals surface area contributed by atoms with Gasteiger partial charge >= 0.3 is 5.97 Å². The van der Waals surface area contributed by atoms with Crippen LogP contribution in [-0.2, 0) is 9.53 Å². The monoisotopic (exact) mass is 283 g/mol. The van der Waals surface area contributed by atoms with Gasteiger partial charge in [-0.3, -0.25) is 0 Å². The number of ether oxygens (including phenoxy) is 1. The lowest BCUT2D eigenvalue weighted by Crippen LogP contribution is -1.93. The molecule has 3 nitrogen and oxygen atoms in total. The van der Waals surface area contributed by atoms with Crippen LogP contribution in [0.4, 0.5) is 0 Å². The molecule has 0 spiro atoms. The Morgan fingerprint density at radius 1 is 1.25 bits per heavy atom. The lowest BCUT2D eigenvalue weighted by atomic mass is 10.1. The van der Waals surface area contributed by atoms with Crippen molar-refractivity contribution in [2.45, 2.75) is 0 Å². The Hall–Kier alpha value is -2.33. The van der Waals surface area contributed by atoms with Gasteiger partial charge in [0.2, 0.25) is 0 Å². The van der Waals surface area contributed by atoms with Gasteiger partial charge < -0.3 is 9.72 Å². The van der Waals surface area contributed by atoms with E-state index in [4.69, 9.17) is 0 Å². The van der Waals surface area contributed by atoms with Gasteiger partial charge in [-0.05, 0) is 23.6 Å². The van der Waals surface area contributed by atoms with E-state index in [9.17, 15) is 4.79 Å². The summed E-state index contributed by atoms with van der Waals surface area (Å²) in [5.74, 6) is -0.354. The van der Waals surface area contributed by atoms with E-state index < -0.39 is 0 Å². The summed E-state index contributed by atoms with van der Waals surface area (Å²) >= 11 is 1.66. The largest absolute Gasteiger partial charge is 0.466 e. The molecule has 0 radical (unpaired) electrons. The van der Waals surface area contributed by atoms with Crippen molar-refractivity contribution in [1.82, 2.24) is 4.98 Å². The molecule has 2 aromatic heterocycles. The Balaban J connectivity index is 2.18. The van der Waals surface area contributed by atoms with Crippen molar-refractivity contribution >= 4 is 34.3 Å². The highest BCUT2D eigenvalue weighted by Gasteiger charge is 2.11. The van der Waals surface area contributed by atoms with Gasteiger partial charge in [0.15, 0.2) is 0 Å². The smallest absolute Gasteiger partial charge is 0.330 e. The first kappa shape index (κ1) is 12.7. The van der Waals surface area contributed by atoms with Gasteiger partial charge in [0.05, 0.1) is 17.7 Å². The van der Waals surface area contributed by atoms with Crippen molar-refractivity contribution in [2.24, 2.45) is 0 Å². The average Bonchev–Trinajstić information content (AvgIpc) is 3.11. The lowest BCUT2D eigenvalue weighted by Gasteiger charge is -1.97. The van der Waals surface area contributed by atoms with Crippen LogP contribution in [0.1, 0.15) is 5.56 Å². The van der Waals surface area contributed by atoms with Crippen LogP contribution in [0.5, 0.6) is 0 Å². The molecule has 0 aliphatic heterocycles. The predicted octanol–water partition coefficient (Wildman–Crippen LogP) is 4.08. The minimum Gasteiger partial charge on any atom is -0.466 e. The number of hydrogen-bond acceptors (Lipinski definition) is 3. The van der Waals surface area contributed by atoms with E-state index in [1.807, 2.05) is 35.7 Å². The minimum atomic E-state index is -0.354. The summed E-state index contributed by atoms with van der Waals surface area (Å²) in [5, 5.41) is 3.13. The Labute approximate surface area is 120 Å². The molecule has 0 unspecified atom stereocenters. The first-order chi connectivity index (χ1) is 9.79. The molecule has 1 aromatic carbocycles. The van der Waals surface area contributed by atoms with Gasteiger partial charge in [-0.25, -0.2) is 4.79 Å². The number of hydrogen-bond donors (Lipinski definition) is 1. The average molecular weight is 283 g/mol. The molecular formula is C16H13NO2S. The zero-order valence-electron chi connectivity index (χ0n) is 10.9. The predicted molar refractivity (Wildman–Crippen MR) is 82.7 cm³/mol. The number of nitrogens with one attached hydrogen (secondary N) is 1. The number of H-pyrrole nitrogens is 1.